The van der Waals surface area contributed by atoms with Gasteiger partial charge in [0.2, 0.25) is 0 Å². The number of nitrogens with one attached hydrogen (secondary N) is 1. The van der Waals surface area contributed by atoms with Gasteiger partial charge in [0.15, 0.2) is 5.54 Å². The van der Waals surface area contributed by atoms with Crippen molar-refractivity contribution in [2.24, 2.45) is 0 Å². The Morgan fingerprint density at radius 3 is 2.94 bits per heavy atom. The van der Waals surface area contributed by atoms with Gasteiger partial charge in [-0.25, -0.2) is 4.79 Å². The normalized spacial score (nSPS) is 22.4. The molecule has 1 aromatic rings. The summed E-state index contributed by atoms with van der Waals surface area (Å²) in [4.78, 5) is 11.4. The molecule has 5 nitrogen and oxygen atoms in total. The Kier molecular flexibility index (Phi) is 3.21. The fourth-order valence-corrected chi connectivity index (χ4v) is 2.00. The Balaban J connectivity index is 2.33. The summed E-state index contributed by atoms with van der Waals surface area (Å²) in [5.74, 6) is -0.954. The topological polar surface area (TPSA) is 82.3 Å². The molecule has 0 bridgehead atoms. The second-order valence-corrected chi connectivity index (χ2v) is 4.48. The first-order valence-corrected chi connectivity index (χ1v) is 5.67. The van der Waals surface area contributed by atoms with Gasteiger partial charge in [0.25, 0.3) is 0 Å². The minimum absolute atomic E-state index is 0.112. The van der Waals surface area contributed by atoms with E-state index in [1.165, 1.54) is 0 Å². The lowest BCUT2D eigenvalue weighted by molar-refractivity contribution is -0.142. The summed E-state index contributed by atoms with van der Waals surface area (Å²) in [6.45, 7) is 2.41. The maximum atomic E-state index is 11.4. The van der Waals surface area contributed by atoms with Crippen molar-refractivity contribution in [1.29, 1.82) is 5.26 Å². The lowest BCUT2D eigenvalue weighted by Gasteiger charge is -2.25. The Morgan fingerprint density at radius 1 is 1.61 bits per heavy atom. The van der Waals surface area contributed by atoms with Crippen LogP contribution in [0.25, 0.3) is 0 Å². The van der Waals surface area contributed by atoms with E-state index in [1.807, 2.05) is 13.0 Å². The van der Waals surface area contributed by atoms with E-state index >= 15 is 0 Å². The maximum absolute atomic E-state index is 11.4. The van der Waals surface area contributed by atoms with Crippen LogP contribution in [0, 0.1) is 18.3 Å². The molecule has 0 amide bonds. The first-order valence-electron chi connectivity index (χ1n) is 5.67. The highest BCUT2D eigenvalue weighted by Crippen LogP contribution is 2.27. The van der Waals surface area contributed by atoms with E-state index in [2.05, 4.69) is 11.4 Å². The molecule has 1 fully saturated rings. The van der Waals surface area contributed by atoms with Crippen LogP contribution in [-0.4, -0.2) is 29.8 Å². The van der Waals surface area contributed by atoms with Crippen molar-refractivity contribution < 1.29 is 14.6 Å². The van der Waals surface area contributed by atoms with Gasteiger partial charge >= 0.3 is 5.97 Å². The molecule has 0 saturated carbocycles. The lowest BCUT2D eigenvalue weighted by Crippen LogP contribution is -2.47. The zero-order valence-corrected chi connectivity index (χ0v) is 10.1. The summed E-state index contributed by atoms with van der Waals surface area (Å²) in [5.41, 5.74) is 0.823. The molecule has 1 unspecified atom stereocenters. The maximum Gasteiger partial charge on any atom is 0.331 e. The van der Waals surface area contributed by atoms with Crippen LogP contribution >= 0.6 is 0 Å². The second-order valence-electron chi connectivity index (χ2n) is 4.48. The van der Waals surface area contributed by atoms with Crippen molar-refractivity contribution >= 4 is 11.7 Å². The van der Waals surface area contributed by atoms with Gasteiger partial charge in [0.1, 0.15) is 6.07 Å². The molecule has 1 aliphatic rings. The highest BCUT2D eigenvalue weighted by Gasteiger charge is 2.42. The molecule has 2 N–H and O–H groups in total. The molecule has 0 radical (unpaired) electrons. The Bertz CT molecular complexity index is 513. The predicted molar refractivity (Wildman–Crippen MR) is 65.3 cm³/mol. The largest absolute Gasteiger partial charge is 0.479 e. The number of carbonyl (C=O) groups is 1. The molecule has 1 saturated heterocycles. The van der Waals surface area contributed by atoms with Gasteiger partial charge in [-0.3, -0.25) is 0 Å². The molecule has 18 heavy (non-hydrogen) atoms. The molecule has 1 aromatic carbocycles. The average molecular weight is 246 g/mol. The second kappa shape index (κ2) is 4.67. The number of carboxylic acids is 1. The van der Waals surface area contributed by atoms with Crippen LogP contribution in [0.5, 0.6) is 0 Å². The molecule has 5 heteroatoms. The zero-order valence-electron chi connectivity index (χ0n) is 10.1. The fourth-order valence-electron chi connectivity index (χ4n) is 2.00. The van der Waals surface area contributed by atoms with Gasteiger partial charge in [0, 0.05) is 13.0 Å². The van der Waals surface area contributed by atoms with Gasteiger partial charge in [0.05, 0.1) is 17.9 Å². The number of carboxylic acid groups (broad SMARTS) is 1. The molecule has 1 atom stereocenters. The summed E-state index contributed by atoms with van der Waals surface area (Å²) in [6.07, 6.45) is 0.390. The third kappa shape index (κ3) is 2.15. The summed E-state index contributed by atoms with van der Waals surface area (Å²) in [5, 5.41) is 21.3. The number of rotatable bonds is 3. The molecular formula is C13H14N2O3. The number of anilines is 1. The van der Waals surface area contributed by atoms with Gasteiger partial charge in [-0.2, -0.15) is 5.26 Å². The van der Waals surface area contributed by atoms with E-state index in [0.717, 1.165) is 5.56 Å². The van der Waals surface area contributed by atoms with Crippen LogP contribution in [0.4, 0.5) is 5.69 Å². The van der Waals surface area contributed by atoms with E-state index in [9.17, 15) is 9.90 Å². The van der Waals surface area contributed by atoms with E-state index in [4.69, 9.17) is 10.00 Å². The number of aliphatic carboxylic acids is 1. The van der Waals surface area contributed by atoms with Crippen molar-refractivity contribution in [1.82, 2.24) is 0 Å². The SMILES string of the molecule is Cc1ccc(NC2(C(=O)O)CCOC2)c(C#N)c1. The third-order valence-corrected chi connectivity index (χ3v) is 3.10. The van der Waals surface area contributed by atoms with E-state index in [0.29, 0.717) is 24.3 Å². The fraction of sp³-hybridized carbons (Fsp3) is 0.385. The van der Waals surface area contributed by atoms with E-state index in [1.54, 1.807) is 12.1 Å². The van der Waals surface area contributed by atoms with Gasteiger partial charge in [-0.15, -0.1) is 0 Å². The highest BCUT2D eigenvalue weighted by atomic mass is 16.5. The Hall–Kier alpha value is -2.06. The van der Waals surface area contributed by atoms with Gasteiger partial charge in [-0.05, 0) is 24.6 Å². The van der Waals surface area contributed by atoms with Crippen molar-refractivity contribution in [3.63, 3.8) is 0 Å². The molecular weight excluding hydrogens is 232 g/mol. The minimum Gasteiger partial charge on any atom is -0.479 e. The van der Waals surface area contributed by atoms with Crippen LogP contribution < -0.4 is 5.32 Å². The number of hydrogen-bond donors (Lipinski definition) is 2. The number of ether oxygens (including phenoxy) is 1. The smallest absolute Gasteiger partial charge is 0.331 e. The summed E-state index contributed by atoms with van der Waals surface area (Å²) >= 11 is 0. The quantitative estimate of drug-likeness (QED) is 0.845. The number of hydrogen-bond acceptors (Lipinski definition) is 4. The van der Waals surface area contributed by atoms with Crippen LogP contribution in [0.1, 0.15) is 17.5 Å². The van der Waals surface area contributed by atoms with Crippen LogP contribution in [-0.2, 0) is 9.53 Å². The van der Waals surface area contributed by atoms with Gasteiger partial charge in [-0.1, -0.05) is 6.07 Å². The van der Waals surface area contributed by atoms with Crippen molar-refractivity contribution in [2.75, 3.05) is 18.5 Å². The van der Waals surface area contributed by atoms with E-state index < -0.39 is 11.5 Å². The minimum atomic E-state index is -1.12. The molecule has 2 rings (SSSR count). The molecule has 0 aliphatic carbocycles. The Morgan fingerprint density at radius 2 is 2.39 bits per heavy atom. The first kappa shape index (κ1) is 12.4. The molecule has 0 aromatic heterocycles. The van der Waals surface area contributed by atoms with Crippen LogP contribution in [0.2, 0.25) is 0 Å². The highest BCUT2D eigenvalue weighted by molar-refractivity contribution is 5.84. The van der Waals surface area contributed by atoms with E-state index in [-0.39, 0.29) is 6.61 Å². The lowest BCUT2D eigenvalue weighted by atomic mass is 9.97. The monoisotopic (exact) mass is 246 g/mol. The first-order chi connectivity index (χ1) is 8.57. The number of nitriles is 1. The van der Waals surface area contributed by atoms with Crippen molar-refractivity contribution in [3.05, 3.63) is 29.3 Å². The Labute approximate surface area is 105 Å². The predicted octanol–water partition coefficient (Wildman–Crippen LogP) is 1.52. The molecule has 1 aliphatic heterocycles. The zero-order chi connectivity index (χ0) is 13.2. The molecule has 94 valence electrons. The summed E-state index contributed by atoms with van der Waals surface area (Å²) in [6, 6.07) is 7.37. The standard InChI is InChI=1S/C13H14N2O3/c1-9-2-3-11(10(6-9)7-14)15-13(12(16)17)4-5-18-8-13/h2-3,6,15H,4-5,8H2,1H3,(H,16,17). The molecule has 0 spiro atoms. The van der Waals surface area contributed by atoms with Crippen molar-refractivity contribution in [2.45, 2.75) is 18.9 Å². The summed E-state index contributed by atoms with van der Waals surface area (Å²) < 4.78 is 5.16. The number of benzene rings is 1. The third-order valence-electron chi connectivity index (χ3n) is 3.10. The number of nitrogens with zero attached hydrogens (tertiary/aromatic N) is 1. The van der Waals surface area contributed by atoms with Crippen molar-refractivity contribution in [3.8, 4) is 6.07 Å². The summed E-state index contributed by atoms with van der Waals surface area (Å²) in [7, 11) is 0. The van der Waals surface area contributed by atoms with Crippen LogP contribution in [0.15, 0.2) is 18.2 Å². The molecule has 1 heterocycles. The van der Waals surface area contributed by atoms with Gasteiger partial charge < -0.3 is 15.2 Å². The number of aryl methyl sites for hydroxylation is 1. The van der Waals surface area contributed by atoms with Crippen LogP contribution in [0.3, 0.4) is 0 Å². The average Bonchev–Trinajstić information content (AvgIpc) is 2.81.